The van der Waals surface area contributed by atoms with Crippen LogP contribution < -0.4 is 20.1 Å². The summed E-state index contributed by atoms with van der Waals surface area (Å²) in [5.41, 5.74) is 2.34. The molecule has 0 saturated heterocycles. The smallest absolute Gasteiger partial charge is 0.191 e. The molecule has 0 amide bonds. The number of hydrogen-bond donors (Lipinski definition) is 2. The first kappa shape index (κ1) is 23.3. The average Bonchev–Trinajstić information content (AvgIpc) is 2.74. The Kier molecular flexibility index (Phi) is 10.1. The summed E-state index contributed by atoms with van der Waals surface area (Å²) in [4.78, 5) is 4.72. The summed E-state index contributed by atoms with van der Waals surface area (Å²) < 4.78 is 17.3. The maximum Gasteiger partial charge on any atom is 0.191 e. The maximum atomic E-state index is 6.00. The molecule has 1 aliphatic rings. The molecule has 0 spiro atoms. The van der Waals surface area contributed by atoms with E-state index in [2.05, 4.69) is 29.7 Å². The summed E-state index contributed by atoms with van der Waals surface area (Å²) in [7, 11) is 0. The van der Waals surface area contributed by atoms with E-state index >= 15 is 0 Å². The van der Waals surface area contributed by atoms with Crippen molar-refractivity contribution in [3.8, 4) is 11.5 Å². The molecule has 1 atom stereocenters. The Morgan fingerprint density at radius 3 is 2.52 bits per heavy atom. The standard InChI is InChI=1S/C22H29N3O3.HI/c1-3-23-22(24-13-17-9-5-6-10-18(17)15-26-4-2)25-14-19-16-27-20-11-7-8-12-21(20)28-19;/h5-12,19H,3-4,13-16H2,1-2H3,(H2,23,24,25);1H. The zero-order valence-electron chi connectivity index (χ0n) is 17.0. The van der Waals surface area contributed by atoms with Crippen LogP contribution in [0.25, 0.3) is 0 Å². The number of nitrogens with zero attached hydrogens (tertiary/aromatic N) is 1. The highest BCUT2D eigenvalue weighted by molar-refractivity contribution is 14.0. The lowest BCUT2D eigenvalue weighted by Gasteiger charge is -2.27. The molecule has 1 heterocycles. The molecule has 6 nitrogen and oxygen atoms in total. The minimum Gasteiger partial charge on any atom is -0.486 e. The Morgan fingerprint density at radius 1 is 1.03 bits per heavy atom. The Labute approximate surface area is 190 Å². The highest BCUT2D eigenvalue weighted by Crippen LogP contribution is 2.30. The van der Waals surface area contributed by atoms with Gasteiger partial charge in [-0.15, -0.1) is 24.0 Å². The number of hydrogen-bond acceptors (Lipinski definition) is 4. The van der Waals surface area contributed by atoms with Crippen molar-refractivity contribution in [1.29, 1.82) is 0 Å². The molecule has 2 aromatic rings. The van der Waals surface area contributed by atoms with E-state index in [-0.39, 0.29) is 30.1 Å². The van der Waals surface area contributed by atoms with E-state index in [1.165, 1.54) is 11.1 Å². The van der Waals surface area contributed by atoms with Crippen molar-refractivity contribution in [1.82, 2.24) is 10.6 Å². The molecule has 0 radical (unpaired) electrons. The molecule has 2 aromatic carbocycles. The van der Waals surface area contributed by atoms with Gasteiger partial charge in [-0.1, -0.05) is 36.4 Å². The number of nitrogens with one attached hydrogen (secondary N) is 2. The molecule has 1 unspecified atom stereocenters. The van der Waals surface area contributed by atoms with Crippen LogP contribution >= 0.6 is 24.0 Å². The summed E-state index contributed by atoms with van der Waals surface area (Å²) in [5.74, 6) is 2.34. The molecule has 2 N–H and O–H groups in total. The lowest BCUT2D eigenvalue weighted by atomic mass is 10.1. The predicted molar refractivity (Wildman–Crippen MR) is 126 cm³/mol. The average molecular weight is 511 g/mol. The number of para-hydroxylation sites is 2. The molecule has 0 aliphatic carbocycles. The lowest BCUT2D eigenvalue weighted by Crippen LogP contribution is -2.45. The van der Waals surface area contributed by atoms with Gasteiger partial charge in [0.2, 0.25) is 0 Å². The lowest BCUT2D eigenvalue weighted by molar-refractivity contribution is 0.0936. The van der Waals surface area contributed by atoms with Gasteiger partial charge in [0, 0.05) is 13.2 Å². The fourth-order valence-electron chi connectivity index (χ4n) is 2.94. The molecular weight excluding hydrogens is 481 g/mol. The van der Waals surface area contributed by atoms with Gasteiger partial charge in [-0.2, -0.15) is 0 Å². The van der Waals surface area contributed by atoms with E-state index in [9.17, 15) is 0 Å². The summed E-state index contributed by atoms with van der Waals surface area (Å²) in [6, 6.07) is 16.0. The van der Waals surface area contributed by atoms with E-state index in [0.717, 1.165) is 24.0 Å². The highest BCUT2D eigenvalue weighted by atomic mass is 127. The van der Waals surface area contributed by atoms with Gasteiger partial charge in [-0.3, -0.25) is 0 Å². The zero-order valence-corrected chi connectivity index (χ0v) is 19.3. The van der Waals surface area contributed by atoms with Crippen molar-refractivity contribution in [2.75, 3.05) is 26.3 Å². The Balaban J connectivity index is 0.00000300. The molecular formula is C22H30IN3O3. The fraction of sp³-hybridized carbons (Fsp3) is 0.409. The van der Waals surface area contributed by atoms with Gasteiger partial charge in [0.05, 0.1) is 19.7 Å². The molecule has 7 heteroatoms. The third kappa shape index (κ3) is 7.08. The van der Waals surface area contributed by atoms with Crippen molar-refractivity contribution in [2.45, 2.75) is 33.1 Å². The zero-order chi connectivity index (χ0) is 19.6. The summed E-state index contributed by atoms with van der Waals surface area (Å²) >= 11 is 0. The van der Waals surface area contributed by atoms with Gasteiger partial charge in [0.1, 0.15) is 12.7 Å². The predicted octanol–water partition coefficient (Wildman–Crippen LogP) is 3.74. The SMILES string of the molecule is CCNC(=NCc1ccccc1COCC)NCC1COc2ccccc2O1.I. The van der Waals surface area contributed by atoms with Gasteiger partial charge in [0.25, 0.3) is 0 Å². The molecule has 0 saturated carbocycles. The van der Waals surface area contributed by atoms with Crippen molar-refractivity contribution >= 4 is 29.9 Å². The summed E-state index contributed by atoms with van der Waals surface area (Å²) in [6.07, 6.45) is -0.0657. The van der Waals surface area contributed by atoms with Crippen molar-refractivity contribution in [2.24, 2.45) is 4.99 Å². The van der Waals surface area contributed by atoms with Crippen LogP contribution in [0.4, 0.5) is 0 Å². The number of rotatable bonds is 8. The van der Waals surface area contributed by atoms with E-state index in [4.69, 9.17) is 19.2 Å². The number of fused-ring (bicyclic) bond motifs is 1. The van der Waals surface area contributed by atoms with Crippen molar-refractivity contribution in [3.05, 3.63) is 59.7 Å². The fourth-order valence-corrected chi connectivity index (χ4v) is 2.94. The number of benzene rings is 2. The van der Waals surface area contributed by atoms with Crippen LogP contribution in [0.2, 0.25) is 0 Å². The first-order valence-corrected chi connectivity index (χ1v) is 9.85. The topological polar surface area (TPSA) is 64.1 Å². The van der Waals surface area contributed by atoms with Crippen LogP contribution in [-0.4, -0.2) is 38.4 Å². The Morgan fingerprint density at radius 2 is 1.76 bits per heavy atom. The Hall–Kier alpha value is -2.00. The van der Waals surface area contributed by atoms with Crippen LogP contribution in [0.3, 0.4) is 0 Å². The third-order valence-corrected chi connectivity index (χ3v) is 4.40. The number of guanidine groups is 1. The number of aliphatic imine (C=N–C) groups is 1. The molecule has 0 aromatic heterocycles. The normalized spacial score (nSPS) is 15.4. The summed E-state index contributed by atoms with van der Waals surface area (Å²) in [5, 5.41) is 6.64. The monoisotopic (exact) mass is 511 g/mol. The molecule has 0 fully saturated rings. The van der Waals surface area contributed by atoms with Gasteiger partial charge < -0.3 is 24.8 Å². The van der Waals surface area contributed by atoms with Crippen LogP contribution in [0.1, 0.15) is 25.0 Å². The van der Waals surface area contributed by atoms with Crippen LogP contribution in [0.5, 0.6) is 11.5 Å². The minimum atomic E-state index is -0.0657. The molecule has 3 rings (SSSR count). The van der Waals surface area contributed by atoms with Gasteiger partial charge in [-0.05, 0) is 37.1 Å². The number of ether oxygens (including phenoxy) is 3. The first-order valence-electron chi connectivity index (χ1n) is 9.85. The molecule has 0 bridgehead atoms. The quantitative estimate of drug-likeness (QED) is 0.321. The second kappa shape index (κ2) is 12.5. The van der Waals surface area contributed by atoms with Crippen molar-refractivity contribution in [3.63, 3.8) is 0 Å². The van der Waals surface area contributed by atoms with Gasteiger partial charge in [-0.25, -0.2) is 4.99 Å². The third-order valence-electron chi connectivity index (χ3n) is 4.40. The van der Waals surface area contributed by atoms with Gasteiger partial charge in [0.15, 0.2) is 17.5 Å². The molecule has 1 aliphatic heterocycles. The molecule has 158 valence electrons. The number of halogens is 1. The van der Waals surface area contributed by atoms with Gasteiger partial charge >= 0.3 is 0 Å². The Bertz CT molecular complexity index is 785. The van der Waals surface area contributed by atoms with Crippen LogP contribution in [0.15, 0.2) is 53.5 Å². The first-order chi connectivity index (χ1) is 13.8. The second-order valence-electron chi connectivity index (χ2n) is 6.48. The maximum absolute atomic E-state index is 6.00. The van der Waals surface area contributed by atoms with E-state index in [1.54, 1.807) is 0 Å². The second-order valence-corrected chi connectivity index (χ2v) is 6.48. The highest BCUT2D eigenvalue weighted by Gasteiger charge is 2.20. The summed E-state index contributed by atoms with van der Waals surface area (Å²) in [6.45, 7) is 7.87. The minimum absolute atomic E-state index is 0. The van der Waals surface area contributed by atoms with Crippen LogP contribution in [0, 0.1) is 0 Å². The molecule has 29 heavy (non-hydrogen) atoms. The van der Waals surface area contributed by atoms with E-state index < -0.39 is 0 Å². The van der Waals surface area contributed by atoms with Crippen molar-refractivity contribution < 1.29 is 14.2 Å². The van der Waals surface area contributed by atoms with E-state index in [1.807, 2.05) is 43.3 Å². The largest absolute Gasteiger partial charge is 0.486 e. The van der Waals surface area contributed by atoms with E-state index in [0.29, 0.717) is 32.9 Å². The van der Waals surface area contributed by atoms with Crippen LogP contribution in [-0.2, 0) is 17.9 Å².